The van der Waals surface area contributed by atoms with Crippen molar-refractivity contribution in [3.8, 4) is 17.2 Å². The minimum absolute atomic E-state index is 0.0439. The molecule has 1 N–H and O–H groups in total. The molecule has 0 saturated carbocycles. The number of esters is 1. The van der Waals surface area contributed by atoms with Gasteiger partial charge in [0, 0.05) is 6.04 Å². The summed E-state index contributed by atoms with van der Waals surface area (Å²) in [4.78, 5) is 23.9. The summed E-state index contributed by atoms with van der Waals surface area (Å²) in [7, 11) is 4.38. The van der Waals surface area contributed by atoms with E-state index in [4.69, 9.17) is 18.9 Å². The Hall–Kier alpha value is -2.44. The quantitative estimate of drug-likeness (QED) is 0.694. The van der Waals surface area contributed by atoms with Crippen LogP contribution in [0.4, 0.5) is 0 Å². The highest BCUT2D eigenvalue weighted by atomic mass is 16.5. The standard InChI is InChI=1S/C17H25NO6/c1-6-7-11(2)18-15(19)10-24-17(20)12-8-13(21-3)16(23-5)14(9-12)22-4/h8-9,11H,6-7,10H2,1-5H3,(H,18,19)/t11-/m0/s1. The van der Waals surface area contributed by atoms with Crippen molar-refractivity contribution in [3.63, 3.8) is 0 Å². The third kappa shape index (κ3) is 5.33. The second-order valence-electron chi connectivity index (χ2n) is 5.25. The Morgan fingerprint density at radius 3 is 2.12 bits per heavy atom. The molecule has 1 rings (SSSR count). The van der Waals surface area contributed by atoms with Crippen molar-refractivity contribution in [3.05, 3.63) is 17.7 Å². The second kappa shape index (κ2) is 9.64. The van der Waals surface area contributed by atoms with Gasteiger partial charge in [-0.2, -0.15) is 0 Å². The summed E-state index contributed by atoms with van der Waals surface area (Å²) >= 11 is 0. The summed E-state index contributed by atoms with van der Waals surface area (Å²) in [5, 5.41) is 2.77. The molecule has 7 heteroatoms. The fourth-order valence-electron chi connectivity index (χ4n) is 2.24. The molecule has 1 aromatic rings. The van der Waals surface area contributed by atoms with Gasteiger partial charge < -0.3 is 24.3 Å². The van der Waals surface area contributed by atoms with Gasteiger partial charge in [0.2, 0.25) is 5.75 Å². The number of methoxy groups -OCH3 is 3. The number of benzene rings is 1. The summed E-state index contributed by atoms with van der Waals surface area (Å²) in [6.45, 7) is 3.60. The van der Waals surface area contributed by atoms with Crippen molar-refractivity contribution >= 4 is 11.9 Å². The molecule has 0 aliphatic heterocycles. The smallest absolute Gasteiger partial charge is 0.338 e. The van der Waals surface area contributed by atoms with Crippen LogP contribution in [-0.4, -0.2) is 45.9 Å². The van der Waals surface area contributed by atoms with Crippen LogP contribution in [0.3, 0.4) is 0 Å². The predicted octanol–water partition coefficient (Wildman–Crippen LogP) is 2.17. The third-order valence-electron chi connectivity index (χ3n) is 3.36. The van der Waals surface area contributed by atoms with E-state index in [9.17, 15) is 9.59 Å². The zero-order valence-corrected chi connectivity index (χ0v) is 14.8. The number of nitrogens with one attached hydrogen (secondary N) is 1. The van der Waals surface area contributed by atoms with Crippen LogP contribution in [0, 0.1) is 0 Å². The monoisotopic (exact) mass is 339 g/mol. The van der Waals surface area contributed by atoms with Crippen LogP contribution in [0.25, 0.3) is 0 Å². The van der Waals surface area contributed by atoms with Gasteiger partial charge in [0.15, 0.2) is 18.1 Å². The van der Waals surface area contributed by atoms with Gasteiger partial charge in [0.05, 0.1) is 26.9 Å². The fraction of sp³-hybridized carbons (Fsp3) is 0.529. The normalized spacial score (nSPS) is 11.4. The highest BCUT2D eigenvalue weighted by Crippen LogP contribution is 2.38. The Morgan fingerprint density at radius 2 is 1.67 bits per heavy atom. The molecule has 0 aromatic heterocycles. The van der Waals surface area contributed by atoms with E-state index in [1.807, 2.05) is 13.8 Å². The first kappa shape index (κ1) is 19.6. The van der Waals surface area contributed by atoms with Gasteiger partial charge in [-0.1, -0.05) is 13.3 Å². The molecular formula is C17H25NO6. The average molecular weight is 339 g/mol. The van der Waals surface area contributed by atoms with Crippen LogP contribution in [0.15, 0.2) is 12.1 Å². The maximum absolute atomic E-state index is 12.1. The van der Waals surface area contributed by atoms with Crippen molar-refractivity contribution < 1.29 is 28.5 Å². The van der Waals surface area contributed by atoms with Crippen LogP contribution >= 0.6 is 0 Å². The van der Waals surface area contributed by atoms with Crippen molar-refractivity contribution in [2.75, 3.05) is 27.9 Å². The lowest BCUT2D eigenvalue weighted by Crippen LogP contribution is -2.35. The number of carbonyl (C=O) groups is 2. The first-order chi connectivity index (χ1) is 11.5. The lowest BCUT2D eigenvalue weighted by Gasteiger charge is -2.14. The summed E-state index contributed by atoms with van der Waals surface area (Å²) in [5.41, 5.74) is 0.207. The average Bonchev–Trinajstić information content (AvgIpc) is 2.58. The molecule has 1 atom stereocenters. The van der Waals surface area contributed by atoms with E-state index in [0.717, 1.165) is 12.8 Å². The lowest BCUT2D eigenvalue weighted by molar-refractivity contribution is -0.124. The topological polar surface area (TPSA) is 83.1 Å². The molecule has 0 aliphatic rings. The second-order valence-corrected chi connectivity index (χ2v) is 5.25. The zero-order chi connectivity index (χ0) is 18.1. The molecule has 0 bridgehead atoms. The van der Waals surface area contributed by atoms with E-state index in [1.165, 1.54) is 33.5 Å². The fourth-order valence-corrected chi connectivity index (χ4v) is 2.24. The van der Waals surface area contributed by atoms with Crippen molar-refractivity contribution in [2.45, 2.75) is 32.7 Å². The molecule has 0 aliphatic carbocycles. The summed E-state index contributed by atoms with van der Waals surface area (Å²) in [6, 6.07) is 2.99. The first-order valence-corrected chi connectivity index (χ1v) is 7.73. The highest BCUT2D eigenvalue weighted by Gasteiger charge is 2.18. The van der Waals surface area contributed by atoms with Crippen LogP contribution < -0.4 is 19.5 Å². The van der Waals surface area contributed by atoms with Gasteiger partial charge in [-0.3, -0.25) is 4.79 Å². The predicted molar refractivity (Wildman–Crippen MR) is 88.9 cm³/mol. The maximum atomic E-state index is 12.1. The minimum atomic E-state index is -0.646. The molecule has 24 heavy (non-hydrogen) atoms. The van der Waals surface area contributed by atoms with Crippen molar-refractivity contribution in [2.24, 2.45) is 0 Å². The number of amides is 1. The van der Waals surface area contributed by atoms with Gasteiger partial charge in [-0.05, 0) is 25.5 Å². The summed E-state index contributed by atoms with van der Waals surface area (Å²) < 4.78 is 20.6. The number of ether oxygens (including phenoxy) is 4. The molecule has 0 heterocycles. The van der Waals surface area contributed by atoms with Gasteiger partial charge in [0.25, 0.3) is 5.91 Å². The Bertz CT molecular complexity index is 547. The molecule has 0 saturated heterocycles. The summed E-state index contributed by atoms with van der Waals surface area (Å²) in [5.74, 6) is 0.0709. The molecule has 0 fully saturated rings. The Kier molecular flexibility index (Phi) is 7.88. The zero-order valence-electron chi connectivity index (χ0n) is 14.8. The number of hydrogen-bond donors (Lipinski definition) is 1. The Labute approximate surface area is 142 Å². The van der Waals surface area contributed by atoms with Gasteiger partial charge >= 0.3 is 5.97 Å². The summed E-state index contributed by atoms with van der Waals surface area (Å²) in [6.07, 6.45) is 1.83. The van der Waals surface area contributed by atoms with Crippen LogP contribution in [0.1, 0.15) is 37.0 Å². The van der Waals surface area contributed by atoms with Crippen molar-refractivity contribution in [1.29, 1.82) is 0 Å². The first-order valence-electron chi connectivity index (χ1n) is 7.73. The van der Waals surface area contributed by atoms with Crippen molar-refractivity contribution in [1.82, 2.24) is 5.32 Å². The number of hydrogen-bond acceptors (Lipinski definition) is 6. The van der Waals surface area contributed by atoms with Crippen LogP contribution in [0.5, 0.6) is 17.2 Å². The van der Waals surface area contributed by atoms with E-state index < -0.39 is 5.97 Å². The molecule has 0 spiro atoms. The molecule has 7 nitrogen and oxygen atoms in total. The van der Waals surface area contributed by atoms with Gasteiger partial charge in [-0.25, -0.2) is 4.79 Å². The maximum Gasteiger partial charge on any atom is 0.338 e. The van der Waals surface area contributed by atoms with E-state index in [1.54, 1.807) is 0 Å². The molecule has 1 aromatic carbocycles. The molecule has 1 amide bonds. The largest absolute Gasteiger partial charge is 0.493 e. The van der Waals surface area contributed by atoms with Gasteiger partial charge in [0.1, 0.15) is 0 Å². The number of carbonyl (C=O) groups excluding carboxylic acids is 2. The van der Waals surface area contributed by atoms with E-state index in [-0.39, 0.29) is 24.1 Å². The van der Waals surface area contributed by atoms with Crippen LogP contribution in [0.2, 0.25) is 0 Å². The van der Waals surface area contributed by atoms with E-state index >= 15 is 0 Å². The lowest BCUT2D eigenvalue weighted by atomic mass is 10.2. The molecular weight excluding hydrogens is 314 g/mol. The minimum Gasteiger partial charge on any atom is -0.493 e. The number of rotatable bonds is 9. The molecule has 134 valence electrons. The Morgan fingerprint density at radius 1 is 1.08 bits per heavy atom. The molecule has 0 radical (unpaired) electrons. The van der Waals surface area contributed by atoms with E-state index in [0.29, 0.717) is 17.2 Å². The SMILES string of the molecule is CCC[C@H](C)NC(=O)COC(=O)c1cc(OC)c(OC)c(OC)c1. The van der Waals surface area contributed by atoms with E-state index in [2.05, 4.69) is 5.32 Å². The third-order valence-corrected chi connectivity index (χ3v) is 3.36. The molecule has 0 unspecified atom stereocenters. The van der Waals surface area contributed by atoms with Crippen LogP contribution in [-0.2, 0) is 9.53 Å². The Balaban J connectivity index is 2.76. The van der Waals surface area contributed by atoms with Gasteiger partial charge in [-0.15, -0.1) is 0 Å². The highest BCUT2D eigenvalue weighted by molar-refractivity contribution is 5.92.